The number of alkyl halides is 3. The van der Waals surface area contributed by atoms with Crippen LogP contribution in [0.3, 0.4) is 0 Å². The molecule has 0 saturated heterocycles. The Hall–Kier alpha value is -2.70. The number of aromatic nitrogens is 1. The number of nitrogens with zero attached hydrogens (tertiary/aromatic N) is 1. The second-order valence-electron chi connectivity index (χ2n) is 5.49. The van der Waals surface area contributed by atoms with Crippen LogP contribution in [0.5, 0.6) is 0 Å². The predicted molar refractivity (Wildman–Crippen MR) is 85.9 cm³/mol. The van der Waals surface area contributed by atoms with Crippen LogP contribution in [-0.4, -0.2) is 16.7 Å². The standard InChI is InChI=1S/C18H17F3N2O2/c1-2-16(24)10-15-9-13(6-7-22-15)17(25)23-11-12-4-3-5-14(8-12)18(19,20)21/h3-9H,2,10-11H2,1H3,(H,23,25). The van der Waals surface area contributed by atoms with Gasteiger partial charge in [0.15, 0.2) is 0 Å². The van der Waals surface area contributed by atoms with Crippen LogP contribution >= 0.6 is 0 Å². The number of amides is 1. The van der Waals surface area contributed by atoms with Crippen LogP contribution in [-0.2, 0) is 23.9 Å². The molecule has 2 rings (SSSR count). The molecular weight excluding hydrogens is 333 g/mol. The van der Waals surface area contributed by atoms with E-state index in [1.54, 1.807) is 6.92 Å². The van der Waals surface area contributed by atoms with Crippen LogP contribution in [0.2, 0.25) is 0 Å². The summed E-state index contributed by atoms with van der Waals surface area (Å²) in [5.74, 6) is -0.431. The summed E-state index contributed by atoms with van der Waals surface area (Å²) in [6, 6.07) is 7.78. The first kappa shape index (κ1) is 18.6. The molecule has 1 amide bonds. The van der Waals surface area contributed by atoms with E-state index in [0.29, 0.717) is 23.2 Å². The molecule has 132 valence electrons. The first-order chi connectivity index (χ1) is 11.8. The summed E-state index contributed by atoms with van der Waals surface area (Å²) >= 11 is 0. The maximum atomic E-state index is 12.7. The third-order valence-electron chi connectivity index (χ3n) is 3.56. The smallest absolute Gasteiger partial charge is 0.348 e. The molecule has 0 bridgehead atoms. The zero-order chi connectivity index (χ0) is 18.4. The highest BCUT2D eigenvalue weighted by Crippen LogP contribution is 2.29. The van der Waals surface area contributed by atoms with E-state index in [1.807, 2.05) is 0 Å². The first-order valence-electron chi connectivity index (χ1n) is 7.70. The molecule has 4 nitrogen and oxygen atoms in total. The second-order valence-corrected chi connectivity index (χ2v) is 5.49. The summed E-state index contributed by atoms with van der Waals surface area (Å²) < 4.78 is 38.1. The summed E-state index contributed by atoms with van der Waals surface area (Å²) in [6.45, 7) is 1.71. The molecule has 1 aromatic carbocycles. The number of Topliss-reactive ketones (excluding diaryl/α,β-unsaturated/α-hetero) is 1. The lowest BCUT2D eigenvalue weighted by atomic mass is 10.1. The Bertz CT molecular complexity index is 773. The van der Waals surface area contributed by atoms with Gasteiger partial charge in [-0.05, 0) is 29.8 Å². The number of halogens is 3. The fraction of sp³-hybridized carbons (Fsp3) is 0.278. The minimum absolute atomic E-state index is 0.00836. The molecule has 7 heteroatoms. The van der Waals surface area contributed by atoms with Gasteiger partial charge < -0.3 is 5.32 Å². The Morgan fingerprint density at radius 3 is 2.60 bits per heavy atom. The Morgan fingerprint density at radius 2 is 1.92 bits per heavy atom. The molecule has 0 radical (unpaired) electrons. The number of ketones is 1. The normalized spacial score (nSPS) is 11.2. The van der Waals surface area contributed by atoms with Crippen molar-refractivity contribution in [2.75, 3.05) is 0 Å². The monoisotopic (exact) mass is 350 g/mol. The van der Waals surface area contributed by atoms with E-state index in [2.05, 4.69) is 10.3 Å². The molecule has 0 spiro atoms. The van der Waals surface area contributed by atoms with Crippen molar-refractivity contribution < 1.29 is 22.8 Å². The van der Waals surface area contributed by atoms with Gasteiger partial charge in [-0.15, -0.1) is 0 Å². The quantitative estimate of drug-likeness (QED) is 0.867. The van der Waals surface area contributed by atoms with Gasteiger partial charge >= 0.3 is 6.18 Å². The number of carbonyl (C=O) groups is 2. The van der Waals surface area contributed by atoms with Crippen molar-refractivity contribution in [1.29, 1.82) is 0 Å². The van der Waals surface area contributed by atoms with Gasteiger partial charge in [0.25, 0.3) is 5.91 Å². The predicted octanol–water partition coefficient (Wildman–Crippen LogP) is 3.55. The number of pyridine rings is 1. The molecule has 2 aromatic rings. The maximum absolute atomic E-state index is 12.7. The fourth-order valence-electron chi connectivity index (χ4n) is 2.19. The Morgan fingerprint density at radius 1 is 1.16 bits per heavy atom. The lowest BCUT2D eigenvalue weighted by Gasteiger charge is -2.10. The van der Waals surface area contributed by atoms with Crippen LogP contribution in [0.1, 0.15) is 40.5 Å². The molecule has 0 atom stereocenters. The highest BCUT2D eigenvalue weighted by molar-refractivity contribution is 5.94. The third-order valence-corrected chi connectivity index (χ3v) is 3.56. The van der Waals surface area contributed by atoms with Crippen molar-refractivity contribution in [1.82, 2.24) is 10.3 Å². The summed E-state index contributed by atoms with van der Waals surface area (Å²) in [6.07, 6.45) is -2.47. The Balaban J connectivity index is 2.03. The summed E-state index contributed by atoms with van der Waals surface area (Å²) in [5, 5.41) is 2.57. The largest absolute Gasteiger partial charge is 0.416 e. The third kappa shape index (κ3) is 5.41. The molecule has 0 fully saturated rings. The van der Waals surface area contributed by atoms with Gasteiger partial charge in [-0.3, -0.25) is 14.6 Å². The molecule has 0 saturated carbocycles. The van der Waals surface area contributed by atoms with Gasteiger partial charge in [0.1, 0.15) is 5.78 Å². The van der Waals surface area contributed by atoms with Crippen LogP contribution in [0.4, 0.5) is 13.2 Å². The molecule has 25 heavy (non-hydrogen) atoms. The molecule has 0 aliphatic carbocycles. The van der Waals surface area contributed by atoms with Crippen molar-refractivity contribution >= 4 is 11.7 Å². The van der Waals surface area contributed by atoms with E-state index in [9.17, 15) is 22.8 Å². The maximum Gasteiger partial charge on any atom is 0.416 e. The van der Waals surface area contributed by atoms with Gasteiger partial charge in [-0.2, -0.15) is 13.2 Å². The average Bonchev–Trinajstić information content (AvgIpc) is 2.59. The highest BCUT2D eigenvalue weighted by Gasteiger charge is 2.30. The summed E-state index contributed by atoms with van der Waals surface area (Å²) in [7, 11) is 0. The summed E-state index contributed by atoms with van der Waals surface area (Å²) in [4.78, 5) is 27.7. The van der Waals surface area contributed by atoms with Gasteiger partial charge in [-0.25, -0.2) is 0 Å². The van der Waals surface area contributed by atoms with E-state index in [4.69, 9.17) is 0 Å². The van der Waals surface area contributed by atoms with Gasteiger partial charge in [-0.1, -0.05) is 19.1 Å². The number of hydrogen-bond donors (Lipinski definition) is 1. The first-order valence-corrected chi connectivity index (χ1v) is 7.70. The number of hydrogen-bond acceptors (Lipinski definition) is 3. The van der Waals surface area contributed by atoms with Crippen molar-refractivity contribution in [2.45, 2.75) is 32.5 Å². The van der Waals surface area contributed by atoms with Gasteiger partial charge in [0.05, 0.1) is 5.56 Å². The molecule has 1 aromatic heterocycles. The number of carbonyl (C=O) groups excluding carboxylic acids is 2. The van der Waals surface area contributed by atoms with Gasteiger partial charge in [0, 0.05) is 36.8 Å². The minimum atomic E-state index is -4.42. The molecule has 0 aliphatic rings. The van der Waals surface area contributed by atoms with Crippen LogP contribution in [0, 0.1) is 0 Å². The van der Waals surface area contributed by atoms with Crippen molar-refractivity contribution in [2.24, 2.45) is 0 Å². The lowest BCUT2D eigenvalue weighted by Crippen LogP contribution is -2.23. The van der Waals surface area contributed by atoms with Crippen LogP contribution < -0.4 is 5.32 Å². The molecule has 0 aliphatic heterocycles. The zero-order valence-electron chi connectivity index (χ0n) is 13.6. The second kappa shape index (κ2) is 7.92. The SMILES string of the molecule is CCC(=O)Cc1cc(C(=O)NCc2cccc(C(F)(F)F)c2)ccn1. The molecule has 1 heterocycles. The minimum Gasteiger partial charge on any atom is -0.348 e. The van der Waals surface area contributed by atoms with Crippen LogP contribution in [0.15, 0.2) is 42.6 Å². The summed E-state index contributed by atoms with van der Waals surface area (Å²) in [5.41, 5.74) is 0.376. The average molecular weight is 350 g/mol. The van der Waals surface area contributed by atoms with Gasteiger partial charge in [0.2, 0.25) is 0 Å². The van der Waals surface area contributed by atoms with Crippen molar-refractivity contribution in [3.8, 4) is 0 Å². The van der Waals surface area contributed by atoms with Crippen LogP contribution in [0.25, 0.3) is 0 Å². The fourth-order valence-corrected chi connectivity index (χ4v) is 2.19. The van der Waals surface area contributed by atoms with E-state index in [0.717, 1.165) is 12.1 Å². The van der Waals surface area contributed by atoms with E-state index in [-0.39, 0.29) is 18.7 Å². The van der Waals surface area contributed by atoms with E-state index >= 15 is 0 Å². The Labute approximate surface area is 143 Å². The zero-order valence-corrected chi connectivity index (χ0v) is 13.6. The number of nitrogens with one attached hydrogen (secondary N) is 1. The molecule has 0 unspecified atom stereocenters. The lowest BCUT2D eigenvalue weighted by molar-refractivity contribution is -0.137. The molecular formula is C18H17F3N2O2. The Kier molecular flexibility index (Phi) is 5.90. The molecule has 1 N–H and O–H groups in total. The van der Waals surface area contributed by atoms with E-state index < -0.39 is 17.6 Å². The van der Waals surface area contributed by atoms with E-state index in [1.165, 1.54) is 30.5 Å². The topological polar surface area (TPSA) is 59.1 Å². The van der Waals surface area contributed by atoms with Crippen molar-refractivity contribution in [3.05, 3.63) is 65.0 Å². The number of benzene rings is 1. The highest BCUT2D eigenvalue weighted by atomic mass is 19.4. The van der Waals surface area contributed by atoms with Crippen molar-refractivity contribution in [3.63, 3.8) is 0 Å². The number of rotatable bonds is 6.